The SMILES string of the molecule is N#Cc1ccc(C(O)C(=O)O)c(F)c1OC(F)F. The Labute approximate surface area is 98.6 Å². The Bertz CT molecular complexity index is 513. The van der Waals surface area contributed by atoms with Crippen molar-refractivity contribution in [2.75, 3.05) is 0 Å². The van der Waals surface area contributed by atoms with Crippen molar-refractivity contribution in [3.8, 4) is 11.8 Å². The number of benzene rings is 1. The molecule has 0 aliphatic heterocycles. The lowest BCUT2D eigenvalue weighted by molar-refractivity contribution is -0.147. The van der Waals surface area contributed by atoms with E-state index in [1.54, 1.807) is 0 Å². The predicted octanol–water partition coefficient (Wildman–Crippen LogP) is 1.42. The molecule has 1 rings (SSSR count). The summed E-state index contributed by atoms with van der Waals surface area (Å²) in [6.07, 6.45) is -2.24. The van der Waals surface area contributed by atoms with Crippen molar-refractivity contribution in [2.24, 2.45) is 0 Å². The summed E-state index contributed by atoms with van der Waals surface area (Å²) in [7, 11) is 0. The number of aliphatic hydroxyl groups excluding tert-OH is 1. The molecular formula is C10H6F3NO4. The zero-order valence-corrected chi connectivity index (χ0v) is 8.60. The molecule has 2 N–H and O–H groups in total. The van der Waals surface area contributed by atoms with Crippen molar-refractivity contribution in [1.29, 1.82) is 5.26 Å². The van der Waals surface area contributed by atoms with Gasteiger partial charge in [-0.25, -0.2) is 9.18 Å². The third-order valence-electron chi connectivity index (χ3n) is 1.98. The first-order valence-corrected chi connectivity index (χ1v) is 4.46. The van der Waals surface area contributed by atoms with Crippen LogP contribution in [0.2, 0.25) is 0 Å². The number of nitriles is 1. The number of carboxylic acid groups (broad SMARTS) is 1. The van der Waals surface area contributed by atoms with Gasteiger partial charge in [0.05, 0.1) is 5.56 Å². The molecule has 0 amide bonds. The molecule has 0 aromatic heterocycles. The van der Waals surface area contributed by atoms with E-state index >= 15 is 0 Å². The molecule has 1 aromatic carbocycles. The van der Waals surface area contributed by atoms with Gasteiger partial charge in [0.15, 0.2) is 17.7 Å². The predicted molar refractivity (Wildman–Crippen MR) is 50.3 cm³/mol. The quantitative estimate of drug-likeness (QED) is 0.855. The fraction of sp³-hybridized carbons (Fsp3) is 0.200. The molecule has 0 aliphatic carbocycles. The van der Waals surface area contributed by atoms with Gasteiger partial charge in [-0.1, -0.05) is 6.07 Å². The van der Waals surface area contributed by atoms with Crippen LogP contribution in [0.25, 0.3) is 0 Å². The van der Waals surface area contributed by atoms with Gasteiger partial charge in [-0.3, -0.25) is 0 Å². The summed E-state index contributed by atoms with van der Waals surface area (Å²) >= 11 is 0. The lowest BCUT2D eigenvalue weighted by Crippen LogP contribution is -2.14. The molecule has 0 saturated carbocycles. The van der Waals surface area contributed by atoms with Gasteiger partial charge in [0.2, 0.25) is 0 Å². The third-order valence-corrected chi connectivity index (χ3v) is 1.98. The second-order valence-electron chi connectivity index (χ2n) is 3.08. The van der Waals surface area contributed by atoms with Crippen molar-refractivity contribution in [1.82, 2.24) is 0 Å². The third kappa shape index (κ3) is 2.70. The Morgan fingerprint density at radius 3 is 2.50 bits per heavy atom. The van der Waals surface area contributed by atoms with Crippen molar-refractivity contribution < 1.29 is 32.9 Å². The van der Waals surface area contributed by atoms with Gasteiger partial charge in [-0.05, 0) is 6.07 Å². The summed E-state index contributed by atoms with van der Waals surface area (Å²) < 4.78 is 41.5. The average molecular weight is 261 g/mol. The van der Waals surface area contributed by atoms with Gasteiger partial charge in [0.25, 0.3) is 0 Å². The first-order valence-electron chi connectivity index (χ1n) is 4.46. The van der Waals surface area contributed by atoms with Gasteiger partial charge in [-0.15, -0.1) is 0 Å². The zero-order valence-electron chi connectivity index (χ0n) is 8.60. The van der Waals surface area contributed by atoms with Crippen molar-refractivity contribution in [3.63, 3.8) is 0 Å². The molecule has 0 aliphatic rings. The van der Waals surface area contributed by atoms with Crippen molar-refractivity contribution in [3.05, 3.63) is 29.1 Å². The summed E-state index contributed by atoms with van der Waals surface area (Å²) in [5.41, 5.74) is -1.30. The molecule has 8 heteroatoms. The average Bonchev–Trinajstić information content (AvgIpc) is 2.30. The highest BCUT2D eigenvalue weighted by molar-refractivity contribution is 5.74. The summed E-state index contributed by atoms with van der Waals surface area (Å²) in [5.74, 6) is -4.36. The van der Waals surface area contributed by atoms with Crippen LogP contribution in [-0.4, -0.2) is 22.8 Å². The highest BCUT2D eigenvalue weighted by Gasteiger charge is 2.25. The van der Waals surface area contributed by atoms with Crippen LogP contribution in [0.1, 0.15) is 17.2 Å². The standard InChI is InChI=1S/C10H6F3NO4/c11-6-5(7(15)9(16)17)2-1-4(3-14)8(6)18-10(12)13/h1-2,7,10,15H,(H,16,17). The first-order chi connectivity index (χ1) is 8.38. The molecule has 1 unspecified atom stereocenters. The maximum atomic E-state index is 13.7. The van der Waals surface area contributed by atoms with Gasteiger partial charge < -0.3 is 14.9 Å². The molecule has 0 fully saturated rings. The molecule has 5 nitrogen and oxygen atoms in total. The number of alkyl halides is 2. The highest BCUT2D eigenvalue weighted by atomic mass is 19.3. The number of carboxylic acids is 1. The van der Waals surface area contributed by atoms with Gasteiger partial charge in [0.1, 0.15) is 6.07 Å². The molecule has 0 spiro atoms. The summed E-state index contributed by atoms with van der Waals surface area (Å²) in [4.78, 5) is 10.5. The van der Waals surface area contributed by atoms with Gasteiger partial charge >= 0.3 is 12.6 Å². The highest BCUT2D eigenvalue weighted by Crippen LogP contribution is 2.30. The van der Waals surface area contributed by atoms with Crippen molar-refractivity contribution in [2.45, 2.75) is 12.7 Å². The van der Waals surface area contributed by atoms with Crippen LogP contribution in [0.3, 0.4) is 0 Å². The van der Waals surface area contributed by atoms with Crippen LogP contribution < -0.4 is 4.74 Å². The normalized spacial score (nSPS) is 12.0. The molecule has 1 aromatic rings. The second kappa shape index (κ2) is 5.37. The van der Waals surface area contributed by atoms with E-state index in [9.17, 15) is 18.0 Å². The van der Waals surface area contributed by atoms with Crippen LogP contribution in [0.4, 0.5) is 13.2 Å². The van der Waals surface area contributed by atoms with E-state index in [1.165, 1.54) is 6.07 Å². The molecule has 0 radical (unpaired) electrons. The maximum Gasteiger partial charge on any atom is 0.387 e. The van der Waals surface area contributed by atoms with E-state index in [0.717, 1.165) is 12.1 Å². The Morgan fingerprint density at radius 1 is 1.44 bits per heavy atom. The van der Waals surface area contributed by atoms with Gasteiger partial charge in [0, 0.05) is 5.56 Å². The Morgan fingerprint density at radius 2 is 2.06 bits per heavy atom. The van der Waals surface area contributed by atoms with Crippen LogP contribution in [0.15, 0.2) is 12.1 Å². The fourth-order valence-electron chi connectivity index (χ4n) is 1.21. The Balaban J connectivity index is 3.34. The van der Waals surface area contributed by atoms with Crippen LogP contribution >= 0.6 is 0 Å². The number of aliphatic hydroxyl groups is 1. The number of aliphatic carboxylic acids is 1. The monoisotopic (exact) mass is 261 g/mol. The summed E-state index contributed by atoms with van der Waals surface area (Å²) in [6.45, 7) is -3.39. The molecule has 0 bridgehead atoms. The zero-order chi connectivity index (χ0) is 13.9. The molecular weight excluding hydrogens is 255 g/mol. The molecule has 96 valence electrons. The minimum atomic E-state index is -3.39. The topological polar surface area (TPSA) is 90.5 Å². The smallest absolute Gasteiger partial charge is 0.387 e. The number of ether oxygens (including phenoxy) is 1. The fourth-order valence-corrected chi connectivity index (χ4v) is 1.21. The van der Waals surface area contributed by atoms with E-state index in [0.29, 0.717) is 0 Å². The summed E-state index contributed by atoms with van der Waals surface area (Å²) in [6, 6.07) is 3.10. The summed E-state index contributed by atoms with van der Waals surface area (Å²) in [5, 5.41) is 26.2. The minimum absolute atomic E-state index is 0.533. The number of hydrogen-bond donors (Lipinski definition) is 2. The Hall–Kier alpha value is -2.27. The number of nitrogens with zero attached hydrogens (tertiary/aromatic N) is 1. The van der Waals surface area contributed by atoms with Crippen molar-refractivity contribution >= 4 is 5.97 Å². The van der Waals surface area contributed by atoms with E-state index in [2.05, 4.69) is 4.74 Å². The first kappa shape index (κ1) is 13.8. The van der Waals surface area contributed by atoms with Crippen LogP contribution in [-0.2, 0) is 4.79 Å². The van der Waals surface area contributed by atoms with Gasteiger partial charge in [-0.2, -0.15) is 14.0 Å². The largest absolute Gasteiger partial charge is 0.479 e. The number of halogens is 3. The van der Waals surface area contributed by atoms with Crippen LogP contribution in [0.5, 0.6) is 5.75 Å². The number of hydrogen-bond acceptors (Lipinski definition) is 4. The number of rotatable bonds is 4. The van der Waals surface area contributed by atoms with E-state index in [1.807, 2.05) is 0 Å². The Kier molecular flexibility index (Phi) is 4.12. The maximum absolute atomic E-state index is 13.7. The lowest BCUT2D eigenvalue weighted by Gasteiger charge is -2.12. The number of carbonyl (C=O) groups is 1. The van der Waals surface area contributed by atoms with E-state index in [4.69, 9.17) is 15.5 Å². The second-order valence-corrected chi connectivity index (χ2v) is 3.08. The molecule has 0 saturated heterocycles. The van der Waals surface area contributed by atoms with Crippen LogP contribution in [0, 0.1) is 17.1 Å². The molecule has 18 heavy (non-hydrogen) atoms. The molecule has 1 atom stereocenters. The molecule has 0 heterocycles. The lowest BCUT2D eigenvalue weighted by atomic mass is 10.1. The van der Waals surface area contributed by atoms with E-state index < -0.39 is 41.4 Å². The van der Waals surface area contributed by atoms with E-state index in [-0.39, 0.29) is 0 Å². The minimum Gasteiger partial charge on any atom is -0.479 e.